The van der Waals surface area contributed by atoms with Crippen LogP contribution in [0.4, 0.5) is 5.69 Å². The first-order valence-corrected chi connectivity index (χ1v) is 5.30. The summed E-state index contributed by atoms with van der Waals surface area (Å²) in [6.45, 7) is 2.72. The Kier molecular flexibility index (Phi) is 2.15. The molecule has 0 radical (unpaired) electrons. The third-order valence-corrected chi connectivity index (χ3v) is 2.90. The minimum Gasteiger partial charge on any atom is -0.399 e. The lowest BCUT2D eigenvalue weighted by Gasteiger charge is -2.11. The number of aromatic nitrogens is 1. The molecule has 0 amide bonds. The highest BCUT2D eigenvalue weighted by atomic mass is 16.5. The van der Waals surface area contributed by atoms with Crippen LogP contribution in [-0.2, 0) is 19.6 Å². The van der Waals surface area contributed by atoms with Gasteiger partial charge in [-0.25, -0.2) is 0 Å². The van der Waals surface area contributed by atoms with E-state index in [-0.39, 0.29) is 0 Å². The topological polar surface area (TPSA) is 55.3 Å². The van der Waals surface area contributed by atoms with Crippen LogP contribution in [0.2, 0.25) is 0 Å². The Morgan fingerprint density at radius 1 is 1.25 bits per heavy atom. The van der Waals surface area contributed by atoms with Crippen molar-refractivity contribution in [1.82, 2.24) is 10.1 Å². The molecule has 0 spiro atoms. The van der Waals surface area contributed by atoms with E-state index in [0.717, 1.165) is 31.0 Å². The first-order chi connectivity index (χ1) is 7.81. The van der Waals surface area contributed by atoms with Gasteiger partial charge in [0.1, 0.15) is 6.26 Å². The molecule has 82 valence electrons. The van der Waals surface area contributed by atoms with E-state index in [1.54, 1.807) is 6.26 Å². The molecule has 2 aromatic rings. The fourth-order valence-corrected chi connectivity index (χ4v) is 2.14. The van der Waals surface area contributed by atoms with Gasteiger partial charge in [0.25, 0.3) is 0 Å². The fraction of sp³-hybridized carbons (Fsp3) is 0.250. The molecule has 1 aromatic heterocycles. The number of fused-ring (bicyclic) bond motifs is 1. The fourth-order valence-electron chi connectivity index (χ4n) is 2.14. The molecular weight excluding hydrogens is 202 g/mol. The lowest BCUT2D eigenvalue weighted by molar-refractivity contribution is 0.265. The Balaban J connectivity index is 1.75. The molecule has 0 fully saturated rings. The summed E-state index contributed by atoms with van der Waals surface area (Å²) in [5.74, 6) is 0. The molecule has 3 rings (SSSR count). The van der Waals surface area contributed by atoms with E-state index in [1.807, 2.05) is 12.1 Å². The maximum Gasteiger partial charge on any atom is 0.124 e. The highest BCUT2D eigenvalue weighted by molar-refractivity contribution is 5.46. The average Bonchev–Trinajstić information content (AvgIpc) is 2.86. The van der Waals surface area contributed by atoms with E-state index in [2.05, 4.69) is 22.2 Å². The molecule has 4 nitrogen and oxygen atoms in total. The maximum atomic E-state index is 5.77. The summed E-state index contributed by atoms with van der Waals surface area (Å²) in [4.78, 5) is 2.32. The van der Waals surface area contributed by atoms with Gasteiger partial charge < -0.3 is 10.3 Å². The number of hydrogen-bond acceptors (Lipinski definition) is 4. The number of nitrogens with two attached hydrogens (primary N) is 1. The van der Waals surface area contributed by atoms with Gasteiger partial charge in [-0.2, -0.15) is 0 Å². The number of rotatable bonds is 2. The van der Waals surface area contributed by atoms with Gasteiger partial charge in [0.2, 0.25) is 0 Å². The zero-order chi connectivity index (χ0) is 11.0. The standard InChI is InChI=1S/C12H13N3O/c13-11-2-1-9-6-15(7-10(9)5-11)8-12-3-4-16-14-12/h1-5H,6-8,13H2. The molecule has 2 heterocycles. The molecule has 0 aliphatic carbocycles. The van der Waals surface area contributed by atoms with Gasteiger partial charge in [0, 0.05) is 31.4 Å². The van der Waals surface area contributed by atoms with Crippen LogP contribution in [0.25, 0.3) is 0 Å². The third kappa shape index (κ3) is 1.67. The predicted octanol–water partition coefficient (Wildman–Crippen LogP) is 1.77. The van der Waals surface area contributed by atoms with E-state index in [1.165, 1.54) is 11.1 Å². The van der Waals surface area contributed by atoms with Crippen molar-refractivity contribution in [2.75, 3.05) is 5.73 Å². The van der Waals surface area contributed by atoms with Gasteiger partial charge in [-0.15, -0.1) is 0 Å². The van der Waals surface area contributed by atoms with Crippen molar-refractivity contribution < 1.29 is 4.52 Å². The van der Waals surface area contributed by atoms with Crippen LogP contribution in [0.1, 0.15) is 16.8 Å². The monoisotopic (exact) mass is 215 g/mol. The van der Waals surface area contributed by atoms with Gasteiger partial charge in [-0.05, 0) is 23.3 Å². The summed E-state index contributed by atoms with van der Waals surface area (Å²) in [5, 5.41) is 3.92. The SMILES string of the molecule is Nc1ccc2c(c1)CN(Cc1ccon1)C2. The quantitative estimate of drug-likeness (QED) is 0.776. The number of nitrogen functional groups attached to an aromatic ring is 1. The van der Waals surface area contributed by atoms with Crippen LogP contribution >= 0.6 is 0 Å². The number of benzene rings is 1. The molecule has 0 saturated heterocycles. The highest BCUT2D eigenvalue weighted by Gasteiger charge is 2.19. The summed E-state index contributed by atoms with van der Waals surface area (Å²) in [6.07, 6.45) is 1.61. The second kappa shape index (κ2) is 3.64. The minimum atomic E-state index is 0.824. The van der Waals surface area contributed by atoms with Crippen molar-refractivity contribution in [2.45, 2.75) is 19.6 Å². The average molecular weight is 215 g/mol. The van der Waals surface area contributed by atoms with Gasteiger partial charge in [0.05, 0.1) is 5.69 Å². The van der Waals surface area contributed by atoms with Crippen LogP contribution in [-0.4, -0.2) is 10.1 Å². The van der Waals surface area contributed by atoms with Crippen molar-refractivity contribution in [3.8, 4) is 0 Å². The van der Waals surface area contributed by atoms with Crippen LogP contribution < -0.4 is 5.73 Å². The van der Waals surface area contributed by atoms with E-state index in [4.69, 9.17) is 10.3 Å². The van der Waals surface area contributed by atoms with Crippen LogP contribution in [0.5, 0.6) is 0 Å². The van der Waals surface area contributed by atoms with Crippen LogP contribution in [0.3, 0.4) is 0 Å². The van der Waals surface area contributed by atoms with Crippen LogP contribution in [0, 0.1) is 0 Å². The second-order valence-electron chi connectivity index (χ2n) is 4.16. The number of nitrogens with zero attached hydrogens (tertiary/aromatic N) is 2. The van der Waals surface area contributed by atoms with Crippen molar-refractivity contribution in [3.63, 3.8) is 0 Å². The third-order valence-electron chi connectivity index (χ3n) is 2.90. The molecule has 0 unspecified atom stereocenters. The van der Waals surface area contributed by atoms with Crippen LogP contribution in [0.15, 0.2) is 35.1 Å². The zero-order valence-corrected chi connectivity index (χ0v) is 8.89. The molecule has 0 saturated carbocycles. The highest BCUT2D eigenvalue weighted by Crippen LogP contribution is 2.25. The summed E-state index contributed by atoms with van der Waals surface area (Å²) in [5.41, 5.74) is 10.3. The number of anilines is 1. The lowest BCUT2D eigenvalue weighted by atomic mass is 10.1. The molecular formula is C12H13N3O. The molecule has 16 heavy (non-hydrogen) atoms. The van der Waals surface area contributed by atoms with Crippen molar-refractivity contribution in [1.29, 1.82) is 0 Å². The summed E-state index contributed by atoms with van der Waals surface area (Å²) in [7, 11) is 0. The Morgan fingerprint density at radius 2 is 2.12 bits per heavy atom. The lowest BCUT2D eigenvalue weighted by Crippen LogP contribution is -2.15. The molecule has 1 aliphatic heterocycles. The second-order valence-corrected chi connectivity index (χ2v) is 4.16. The van der Waals surface area contributed by atoms with Gasteiger partial charge in [-0.1, -0.05) is 11.2 Å². The first kappa shape index (κ1) is 9.42. The van der Waals surface area contributed by atoms with Crippen molar-refractivity contribution in [2.24, 2.45) is 0 Å². The Hall–Kier alpha value is -1.81. The Labute approximate surface area is 93.6 Å². The van der Waals surface area contributed by atoms with E-state index in [9.17, 15) is 0 Å². The smallest absolute Gasteiger partial charge is 0.124 e. The molecule has 1 aliphatic rings. The van der Waals surface area contributed by atoms with Gasteiger partial charge in [-0.3, -0.25) is 4.90 Å². The summed E-state index contributed by atoms with van der Waals surface area (Å²) >= 11 is 0. The summed E-state index contributed by atoms with van der Waals surface area (Å²) in [6, 6.07) is 8.02. The minimum absolute atomic E-state index is 0.824. The molecule has 0 bridgehead atoms. The van der Waals surface area contributed by atoms with E-state index >= 15 is 0 Å². The molecule has 0 atom stereocenters. The first-order valence-electron chi connectivity index (χ1n) is 5.30. The maximum absolute atomic E-state index is 5.77. The normalized spacial score (nSPS) is 15.2. The molecule has 1 aromatic carbocycles. The summed E-state index contributed by atoms with van der Waals surface area (Å²) < 4.78 is 4.82. The molecule has 4 heteroatoms. The van der Waals surface area contributed by atoms with Gasteiger partial charge in [0.15, 0.2) is 0 Å². The largest absolute Gasteiger partial charge is 0.399 e. The van der Waals surface area contributed by atoms with Gasteiger partial charge >= 0.3 is 0 Å². The van der Waals surface area contributed by atoms with E-state index in [0.29, 0.717) is 0 Å². The predicted molar refractivity (Wildman–Crippen MR) is 60.3 cm³/mol. The van der Waals surface area contributed by atoms with E-state index < -0.39 is 0 Å². The van der Waals surface area contributed by atoms with Crippen molar-refractivity contribution in [3.05, 3.63) is 47.3 Å². The van der Waals surface area contributed by atoms with Crippen molar-refractivity contribution >= 4 is 5.69 Å². The Morgan fingerprint density at radius 3 is 2.94 bits per heavy atom. The number of hydrogen-bond donors (Lipinski definition) is 1. The zero-order valence-electron chi connectivity index (χ0n) is 8.89. The Bertz CT molecular complexity index is 493. The molecule has 2 N–H and O–H groups in total.